The fourth-order valence-corrected chi connectivity index (χ4v) is 4.06. The average molecular weight is 426 g/mol. The Hall–Kier alpha value is -2.20. The van der Waals surface area contributed by atoms with Crippen molar-refractivity contribution in [3.05, 3.63) is 72.2 Å². The molecule has 0 amide bonds. The number of ether oxygens (including phenoxy) is 1. The molecule has 2 aromatic carbocycles. The molecule has 0 spiro atoms. The third-order valence-electron chi connectivity index (χ3n) is 5.21. The van der Waals surface area contributed by atoms with Crippen molar-refractivity contribution in [1.29, 1.82) is 0 Å². The van der Waals surface area contributed by atoms with Gasteiger partial charge in [0.15, 0.2) is 0 Å². The van der Waals surface area contributed by atoms with Crippen LogP contribution in [-0.2, 0) is 12.0 Å². The Morgan fingerprint density at radius 1 is 1.10 bits per heavy atom. The van der Waals surface area contributed by atoms with Crippen molar-refractivity contribution >= 4 is 8.15 Å². The summed E-state index contributed by atoms with van der Waals surface area (Å²) in [6, 6.07) is 18.6. The highest BCUT2D eigenvalue weighted by atomic mass is 31.1. The highest BCUT2D eigenvalue weighted by Gasteiger charge is 2.25. The summed E-state index contributed by atoms with van der Waals surface area (Å²) in [5.74, 6) is 1.62. The first-order valence-electron chi connectivity index (χ1n) is 10.5. The Labute approximate surface area is 180 Å². The van der Waals surface area contributed by atoms with E-state index in [0.717, 1.165) is 48.7 Å². The summed E-state index contributed by atoms with van der Waals surface area (Å²) in [5.41, 5.74) is 9.17. The lowest BCUT2D eigenvalue weighted by Gasteiger charge is -2.22. The molecule has 1 aromatic heterocycles. The normalized spacial score (nSPS) is 14.3. The van der Waals surface area contributed by atoms with Crippen LogP contribution in [0.5, 0.6) is 5.75 Å². The van der Waals surface area contributed by atoms with Gasteiger partial charge in [-0.2, -0.15) is 0 Å². The molecular weight excluding hydrogens is 393 g/mol. The van der Waals surface area contributed by atoms with Crippen LogP contribution in [0.1, 0.15) is 37.6 Å². The summed E-state index contributed by atoms with van der Waals surface area (Å²) in [6.45, 7) is 4.51. The Kier molecular flexibility index (Phi) is 8.03. The molecule has 160 valence electrons. The molecule has 3 aromatic rings. The molecule has 0 aliphatic heterocycles. The van der Waals surface area contributed by atoms with Gasteiger partial charge in [0, 0.05) is 8.15 Å². The molecule has 4 N–H and O–H groups in total. The molecule has 3 rings (SSSR count). The van der Waals surface area contributed by atoms with Crippen molar-refractivity contribution in [3.63, 3.8) is 0 Å². The number of nitrogens with zero attached hydrogens (tertiary/aromatic N) is 1. The Morgan fingerprint density at radius 2 is 1.83 bits per heavy atom. The molecule has 0 saturated heterocycles. The van der Waals surface area contributed by atoms with Crippen molar-refractivity contribution < 1.29 is 9.63 Å². The molecule has 30 heavy (non-hydrogen) atoms. The summed E-state index contributed by atoms with van der Waals surface area (Å²) < 4.78 is 5.88. The second-order valence-corrected chi connectivity index (χ2v) is 9.77. The molecule has 0 aliphatic carbocycles. The number of benzene rings is 2. The van der Waals surface area contributed by atoms with Gasteiger partial charge in [0.1, 0.15) is 11.6 Å². The minimum Gasteiger partial charge on any atom is -0.494 e. The zero-order valence-corrected chi connectivity index (χ0v) is 18.7. The largest absolute Gasteiger partial charge is 0.494 e. The maximum Gasteiger partial charge on any atom is 0.126 e. The van der Waals surface area contributed by atoms with E-state index in [0.29, 0.717) is 12.6 Å². The van der Waals surface area contributed by atoms with Crippen LogP contribution < -0.4 is 10.5 Å². The van der Waals surface area contributed by atoms with E-state index in [1.807, 2.05) is 50.1 Å². The van der Waals surface area contributed by atoms with E-state index in [4.69, 9.17) is 10.5 Å². The molecule has 0 aliphatic rings. The van der Waals surface area contributed by atoms with Crippen LogP contribution in [-0.4, -0.2) is 34.3 Å². The topological polar surface area (TPSA) is 84.2 Å². The molecule has 0 saturated carbocycles. The van der Waals surface area contributed by atoms with Crippen molar-refractivity contribution in [2.24, 2.45) is 5.73 Å². The van der Waals surface area contributed by atoms with Gasteiger partial charge in [-0.15, -0.1) is 0 Å². The number of hydrogen-bond acceptors (Lipinski definition) is 4. The summed E-state index contributed by atoms with van der Waals surface area (Å²) in [6.07, 6.45) is 6.44. The van der Waals surface area contributed by atoms with Gasteiger partial charge in [-0.3, -0.25) is 0 Å². The van der Waals surface area contributed by atoms with Crippen molar-refractivity contribution in [3.8, 4) is 17.0 Å². The zero-order valence-electron chi connectivity index (χ0n) is 17.8. The monoisotopic (exact) mass is 425 g/mol. The predicted molar refractivity (Wildman–Crippen MR) is 125 cm³/mol. The zero-order chi connectivity index (χ0) is 21.4. The van der Waals surface area contributed by atoms with E-state index in [2.05, 4.69) is 34.2 Å². The molecule has 1 heterocycles. The van der Waals surface area contributed by atoms with Gasteiger partial charge < -0.3 is 20.3 Å². The predicted octanol–water partition coefficient (Wildman–Crippen LogP) is 5.06. The number of hydrogen-bond donors (Lipinski definition) is 3. The number of H-pyrrole nitrogens is 1. The SMILES string of the molecule is CP(O)CC[C@](C)(N)c1ncc(-c2ccc(OCCCCc3ccccc3)cc2)[nH]1. The number of imidazole rings is 1. The second kappa shape index (κ2) is 10.7. The van der Waals surface area contributed by atoms with Crippen LogP contribution in [0.4, 0.5) is 0 Å². The number of nitrogens with two attached hydrogens (primary N) is 1. The van der Waals surface area contributed by atoms with E-state index >= 15 is 0 Å². The van der Waals surface area contributed by atoms with E-state index < -0.39 is 13.7 Å². The number of aromatic nitrogens is 2. The first-order chi connectivity index (χ1) is 14.4. The van der Waals surface area contributed by atoms with Crippen LogP contribution in [0, 0.1) is 0 Å². The lowest BCUT2D eigenvalue weighted by molar-refractivity contribution is 0.307. The van der Waals surface area contributed by atoms with E-state index in [1.165, 1.54) is 5.56 Å². The van der Waals surface area contributed by atoms with Gasteiger partial charge in [0.2, 0.25) is 0 Å². The highest BCUT2D eigenvalue weighted by Crippen LogP contribution is 2.31. The quantitative estimate of drug-likeness (QED) is 0.296. The highest BCUT2D eigenvalue weighted by molar-refractivity contribution is 7.50. The van der Waals surface area contributed by atoms with Crippen molar-refractivity contribution in [1.82, 2.24) is 9.97 Å². The van der Waals surface area contributed by atoms with Crippen LogP contribution in [0.25, 0.3) is 11.3 Å². The van der Waals surface area contributed by atoms with Gasteiger partial charge in [-0.25, -0.2) is 4.98 Å². The maximum atomic E-state index is 9.58. The fourth-order valence-electron chi connectivity index (χ4n) is 3.27. The third kappa shape index (κ3) is 6.66. The van der Waals surface area contributed by atoms with Crippen LogP contribution in [0.15, 0.2) is 60.8 Å². The smallest absolute Gasteiger partial charge is 0.126 e. The second-order valence-electron chi connectivity index (χ2n) is 8.01. The van der Waals surface area contributed by atoms with Gasteiger partial charge in [-0.1, -0.05) is 30.3 Å². The summed E-state index contributed by atoms with van der Waals surface area (Å²) in [7, 11) is -0.951. The first kappa shape index (κ1) is 22.5. The van der Waals surface area contributed by atoms with Gasteiger partial charge >= 0.3 is 0 Å². The number of unbranched alkanes of at least 4 members (excludes halogenated alkanes) is 1. The lowest BCUT2D eigenvalue weighted by Crippen LogP contribution is -2.35. The fraction of sp³-hybridized carbons (Fsp3) is 0.375. The average Bonchev–Trinajstić information content (AvgIpc) is 3.25. The molecule has 6 heteroatoms. The summed E-state index contributed by atoms with van der Waals surface area (Å²) in [4.78, 5) is 17.4. The van der Waals surface area contributed by atoms with Crippen molar-refractivity contribution in [2.75, 3.05) is 19.4 Å². The van der Waals surface area contributed by atoms with E-state index in [-0.39, 0.29) is 0 Å². The van der Waals surface area contributed by atoms with E-state index in [1.54, 1.807) is 0 Å². The van der Waals surface area contributed by atoms with Gasteiger partial charge in [-0.05, 0) is 80.8 Å². The number of rotatable bonds is 11. The minimum absolute atomic E-state index is 0.583. The van der Waals surface area contributed by atoms with E-state index in [9.17, 15) is 4.89 Å². The summed E-state index contributed by atoms with van der Waals surface area (Å²) in [5, 5.41) is 0. The van der Waals surface area contributed by atoms with Crippen LogP contribution >= 0.6 is 8.15 Å². The molecule has 0 bridgehead atoms. The Balaban J connectivity index is 1.48. The molecule has 5 nitrogen and oxygen atoms in total. The maximum absolute atomic E-state index is 9.58. The minimum atomic E-state index is -0.951. The van der Waals surface area contributed by atoms with Crippen LogP contribution in [0.3, 0.4) is 0 Å². The molecule has 0 radical (unpaired) electrons. The van der Waals surface area contributed by atoms with Crippen molar-refractivity contribution in [2.45, 2.75) is 38.1 Å². The van der Waals surface area contributed by atoms with Gasteiger partial charge in [0.05, 0.1) is 24.0 Å². The third-order valence-corrected chi connectivity index (χ3v) is 6.08. The standard InChI is InChI=1S/C24H32N3O2P/c1-24(25,15-17-30(2)28)23-26-18-22(27-23)20-11-13-21(14-12-20)29-16-7-6-10-19-8-4-3-5-9-19/h3-5,8-9,11-14,18,28H,6-7,10,15-17,25H2,1-2H3,(H,26,27)/t24-,30?/m0/s1. The first-order valence-corrected chi connectivity index (χ1v) is 12.4. The molecule has 1 unspecified atom stereocenters. The van der Waals surface area contributed by atoms with Gasteiger partial charge in [0.25, 0.3) is 0 Å². The molecule has 2 atom stereocenters. The Bertz CT molecular complexity index is 892. The van der Waals surface area contributed by atoms with Crippen LogP contribution in [0.2, 0.25) is 0 Å². The number of nitrogens with one attached hydrogen (secondary N) is 1. The Morgan fingerprint density at radius 3 is 2.53 bits per heavy atom. The molecular formula is C24H32N3O2P. The number of aromatic amines is 1. The molecule has 0 fully saturated rings. The lowest BCUT2D eigenvalue weighted by atomic mass is 10.00. The number of aryl methyl sites for hydroxylation is 1. The summed E-state index contributed by atoms with van der Waals surface area (Å²) >= 11 is 0.